The fraction of sp³-hybridized carbons (Fsp3) is 0.179. The summed E-state index contributed by atoms with van der Waals surface area (Å²) in [5, 5.41) is 2.92. The van der Waals surface area contributed by atoms with Gasteiger partial charge in [-0.05, 0) is 54.3 Å². The Hall–Kier alpha value is -3.95. The molecule has 0 aliphatic carbocycles. The Kier molecular flexibility index (Phi) is 6.81. The summed E-state index contributed by atoms with van der Waals surface area (Å²) < 4.78 is 35.4. The molecule has 10 heteroatoms. The van der Waals surface area contributed by atoms with Crippen LogP contribution in [0.1, 0.15) is 48.2 Å². The number of amides is 1. The number of hydrogen-bond donors (Lipinski definition) is 2. The molecule has 8 nitrogen and oxygen atoms in total. The van der Waals surface area contributed by atoms with E-state index in [2.05, 4.69) is 33.9 Å². The standard InChI is InChI=1S/C28H25ClN4O4S/c1-4-20-25(22-11-6-5-10-21(22)16(2)3)31-28-32-27(20)37-18-12-13-24(29)23(15-18)26(34)30-17-8-7-9-19(14-17)38(35,36)33-28/h5-16H,4H2,1-3H3,(H,30,34)(H,31,32,33). The van der Waals surface area contributed by atoms with E-state index in [-0.39, 0.29) is 38.9 Å². The van der Waals surface area contributed by atoms with Gasteiger partial charge in [0.05, 0.1) is 21.2 Å². The van der Waals surface area contributed by atoms with Crippen LogP contribution in [-0.2, 0) is 16.4 Å². The number of halogens is 1. The highest BCUT2D eigenvalue weighted by Gasteiger charge is 2.24. The van der Waals surface area contributed by atoms with E-state index in [9.17, 15) is 13.2 Å². The zero-order valence-electron chi connectivity index (χ0n) is 20.9. The molecule has 1 aliphatic heterocycles. The highest BCUT2D eigenvalue weighted by atomic mass is 35.5. The van der Waals surface area contributed by atoms with Crippen LogP contribution in [0.5, 0.6) is 11.6 Å². The van der Waals surface area contributed by atoms with Crippen molar-refractivity contribution in [3.8, 4) is 22.9 Å². The summed E-state index contributed by atoms with van der Waals surface area (Å²) in [5.41, 5.74) is 3.61. The van der Waals surface area contributed by atoms with Crippen molar-refractivity contribution in [3.63, 3.8) is 0 Å². The van der Waals surface area contributed by atoms with E-state index in [4.69, 9.17) is 16.3 Å². The van der Waals surface area contributed by atoms with Crippen LogP contribution in [0.4, 0.5) is 11.6 Å². The second kappa shape index (κ2) is 10.1. The maximum absolute atomic E-state index is 13.4. The summed E-state index contributed by atoms with van der Waals surface area (Å²) in [6.07, 6.45) is 0.507. The minimum atomic E-state index is -4.11. The normalized spacial score (nSPS) is 14.2. The molecule has 3 aromatic carbocycles. The molecule has 2 heterocycles. The van der Waals surface area contributed by atoms with Crippen molar-refractivity contribution in [2.24, 2.45) is 0 Å². The van der Waals surface area contributed by atoms with Crippen molar-refractivity contribution < 1.29 is 17.9 Å². The van der Waals surface area contributed by atoms with Crippen molar-refractivity contribution in [2.75, 3.05) is 10.0 Å². The van der Waals surface area contributed by atoms with Crippen molar-refractivity contribution >= 4 is 39.2 Å². The Morgan fingerprint density at radius 1 is 0.974 bits per heavy atom. The number of carbonyl (C=O) groups is 1. The highest BCUT2D eigenvalue weighted by Crippen LogP contribution is 2.37. The van der Waals surface area contributed by atoms with Crippen LogP contribution >= 0.6 is 11.6 Å². The molecular formula is C28H25ClN4O4S. The van der Waals surface area contributed by atoms with Crippen molar-refractivity contribution in [1.82, 2.24) is 9.97 Å². The third kappa shape index (κ3) is 4.94. The maximum atomic E-state index is 13.4. The molecule has 0 atom stereocenters. The first-order chi connectivity index (χ1) is 18.2. The number of carbonyl (C=O) groups excluding carboxylic acids is 1. The summed E-state index contributed by atoms with van der Waals surface area (Å²) in [4.78, 5) is 22.1. The van der Waals surface area contributed by atoms with Crippen LogP contribution in [0.3, 0.4) is 0 Å². The quantitative estimate of drug-likeness (QED) is 0.297. The van der Waals surface area contributed by atoms with Gasteiger partial charge in [0.1, 0.15) is 5.75 Å². The monoisotopic (exact) mass is 548 g/mol. The SMILES string of the molecule is CCc1c2nc(nc1-c1ccccc1C(C)C)NS(=O)(=O)c1cccc(c1)NC(=O)c1cc(ccc1Cl)O2. The molecule has 0 saturated carbocycles. The molecule has 0 radical (unpaired) electrons. The zero-order chi connectivity index (χ0) is 27.0. The highest BCUT2D eigenvalue weighted by molar-refractivity contribution is 7.92. The number of nitrogens with zero attached hydrogens (tertiary/aromatic N) is 2. The molecule has 2 N–H and O–H groups in total. The van der Waals surface area contributed by atoms with Gasteiger partial charge >= 0.3 is 0 Å². The van der Waals surface area contributed by atoms with E-state index < -0.39 is 15.9 Å². The van der Waals surface area contributed by atoms with E-state index in [0.29, 0.717) is 23.4 Å². The van der Waals surface area contributed by atoms with Gasteiger partial charge in [0.15, 0.2) is 0 Å². The molecule has 0 fully saturated rings. The molecule has 0 saturated heterocycles. The summed E-state index contributed by atoms with van der Waals surface area (Å²) >= 11 is 6.34. The van der Waals surface area contributed by atoms with Crippen LogP contribution in [0.2, 0.25) is 5.02 Å². The molecule has 4 aromatic rings. The zero-order valence-corrected chi connectivity index (χ0v) is 22.5. The average molecular weight is 549 g/mol. The van der Waals surface area contributed by atoms with Gasteiger partial charge in [-0.3, -0.25) is 4.79 Å². The fourth-order valence-corrected chi connectivity index (χ4v) is 5.52. The predicted molar refractivity (Wildman–Crippen MR) is 148 cm³/mol. The minimum Gasteiger partial charge on any atom is -0.439 e. The summed E-state index contributed by atoms with van der Waals surface area (Å²) in [5.74, 6) is 0.0364. The third-order valence-corrected chi connectivity index (χ3v) is 7.84. The number of nitrogens with one attached hydrogen (secondary N) is 2. The smallest absolute Gasteiger partial charge is 0.264 e. The van der Waals surface area contributed by atoms with Crippen LogP contribution < -0.4 is 14.8 Å². The van der Waals surface area contributed by atoms with Gasteiger partial charge in [0.25, 0.3) is 15.9 Å². The van der Waals surface area contributed by atoms with Crippen molar-refractivity contribution in [1.29, 1.82) is 0 Å². The van der Waals surface area contributed by atoms with Crippen LogP contribution in [0.15, 0.2) is 71.6 Å². The molecule has 1 aliphatic rings. The molecule has 1 amide bonds. The van der Waals surface area contributed by atoms with Gasteiger partial charge in [-0.25, -0.2) is 18.1 Å². The molecule has 0 unspecified atom stereocenters. The first kappa shape index (κ1) is 25.7. The Morgan fingerprint density at radius 2 is 1.76 bits per heavy atom. The van der Waals surface area contributed by atoms with Crippen molar-refractivity contribution in [3.05, 3.63) is 88.4 Å². The number of ether oxygens (including phenoxy) is 1. The second-order valence-corrected chi connectivity index (χ2v) is 11.2. The first-order valence-corrected chi connectivity index (χ1v) is 13.9. The molecule has 6 bridgehead atoms. The fourth-order valence-electron chi connectivity index (χ4n) is 4.32. The van der Waals surface area contributed by atoms with Crippen LogP contribution in [0, 0.1) is 0 Å². The molecule has 5 rings (SSSR count). The number of benzene rings is 3. The van der Waals surface area contributed by atoms with Crippen molar-refractivity contribution in [2.45, 2.75) is 38.0 Å². The van der Waals surface area contributed by atoms with Gasteiger partial charge in [0, 0.05) is 16.8 Å². The topological polar surface area (TPSA) is 110 Å². The third-order valence-electron chi connectivity index (χ3n) is 6.19. The number of aromatic nitrogens is 2. The van der Waals surface area contributed by atoms with Gasteiger partial charge in [-0.2, -0.15) is 4.98 Å². The number of sulfonamides is 1. The second-order valence-electron chi connectivity index (χ2n) is 9.11. The van der Waals surface area contributed by atoms with Gasteiger partial charge in [-0.15, -0.1) is 0 Å². The lowest BCUT2D eigenvalue weighted by molar-refractivity contribution is 0.102. The van der Waals surface area contributed by atoms with Gasteiger partial charge in [-0.1, -0.05) is 62.7 Å². The summed E-state index contributed by atoms with van der Waals surface area (Å²) in [7, 11) is -4.11. The molecular weight excluding hydrogens is 524 g/mol. The first-order valence-electron chi connectivity index (χ1n) is 12.1. The van der Waals surface area contributed by atoms with Crippen LogP contribution in [0.25, 0.3) is 11.3 Å². The van der Waals surface area contributed by atoms with E-state index in [0.717, 1.165) is 11.1 Å². The number of rotatable bonds is 3. The van der Waals surface area contributed by atoms with E-state index in [1.165, 1.54) is 24.3 Å². The summed E-state index contributed by atoms with van der Waals surface area (Å²) in [6.45, 7) is 6.11. The Bertz CT molecular complexity index is 1670. The maximum Gasteiger partial charge on any atom is 0.264 e. The molecule has 1 aromatic heterocycles. The molecule has 194 valence electrons. The number of anilines is 2. The van der Waals surface area contributed by atoms with E-state index in [1.54, 1.807) is 18.2 Å². The average Bonchev–Trinajstić information content (AvgIpc) is 2.89. The Labute approximate surface area is 226 Å². The van der Waals surface area contributed by atoms with Crippen LogP contribution in [-0.4, -0.2) is 24.3 Å². The number of hydrogen-bond acceptors (Lipinski definition) is 6. The largest absolute Gasteiger partial charge is 0.439 e. The Balaban J connectivity index is 1.79. The van der Waals surface area contributed by atoms with Gasteiger partial charge in [0.2, 0.25) is 11.8 Å². The molecule has 38 heavy (non-hydrogen) atoms. The van der Waals surface area contributed by atoms with Gasteiger partial charge < -0.3 is 10.1 Å². The lowest BCUT2D eigenvalue weighted by Crippen LogP contribution is -2.18. The summed E-state index contributed by atoms with van der Waals surface area (Å²) in [6, 6.07) is 18.5. The Morgan fingerprint density at radius 3 is 2.53 bits per heavy atom. The van der Waals surface area contributed by atoms with E-state index >= 15 is 0 Å². The predicted octanol–water partition coefficient (Wildman–Crippen LogP) is 6.64. The lowest BCUT2D eigenvalue weighted by Gasteiger charge is -2.19. The molecule has 0 spiro atoms. The minimum absolute atomic E-state index is 0.0676. The lowest BCUT2D eigenvalue weighted by atomic mass is 9.93. The number of fused-ring (bicyclic) bond motifs is 6. The van der Waals surface area contributed by atoms with E-state index in [1.807, 2.05) is 31.2 Å².